The Kier molecular flexibility index (Phi) is 4.69. The van der Waals surface area contributed by atoms with Crippen LogP contribution in [0.4, 0.5) is 8.78 Å². The lowest BCUT2D eigenvalue weighted by Crippen LogP contribution is -2.06. The zero-order chi connectivity index (χ0) is 14.5. The Bertz CT molecular complexity index is 612. The Morgan fingerprint density at radius 3 is 2.45 bits per heavy atom. The summed E-state index contributed by atoms with van der Waals surface area (Å²) >= 11 is 5.54. The van der Waals surface area contributed by atoms with Crippen LogP contribution in [0.15, 0.2) is 42.5 Å². The number of ketones is 1. The van der Waals surface area contributed by atoms with Gasteiger partial charge in [-0.1, -0.05) is 11.6 Å². The van der Waals surface area contributed by atoms with Gasteiger partial charge in [-0.25, -0.2) is 8.78 Å². The number of halogens is 3. The second kappa shape index (κ2) is 6.48. The summed E-state index contributed by atoms with van der Waals surface area (Å²) < 4.78 is 31.1. The summed E-state index contributed by atoms with van der Waals surface area (Å²) in [7, 11) is 0. The molecule has 2 rings (SSSR count). The van der Waals surface area contributed by atoms with Crippen molar-refractivity contribution in [2.45, 2.75) is 6.42 Å². The predicted molar refractivity (Wildman–Crippen MR) is 72.3 cm³/mol. The molecule has 0 bridgehead atoms. The van der Waals surface area contributed by atoms with E-state index in [2.05, 4.69) is 0 Å². The Labute approximate surface area is 119 Å². The van der Waals surface area contributed by atoms with Gasteiger partial charge < -0.3 is 4.74 Å². The third-order valence-electron chi connectivity index (χ3n) is 2.66. The molecule has 0 aromatic heterocycles. The first-order valence-electron chi connectivity index (χ1n) is 5.93. The number of rotatable bonds is 5. The van der Waals surface area contributed by atoms with Gasteiger partial charge in [-0.2, -0.15) is 0 Å². The number of benzene rings is 2. The van der Waals surface area contributed by atoms with Gasteiger partial charge in [-0.15, -0.1) is 0 Å². The Balaban J connectivity index is 1.87. The van der Waals surface area contributed by atoms with Crippen molar-refractivity contribution in [3.63, 3.8) is 0 Å². The number of hydrogen-bond donors (Lipinski definition) is 0. The summed E-state index contributed by atoms with van der Waals surface area (Å²) in [5.74, 6) is -0.832. The topological polar surface area (TPSA) is 26.3 Å². The normalized spacial score (nSPS) is 10.3. The molecule has 0 aliphatic rings. The Hall–Kier alpha value is -1.94. The lowest BCUT2D eigenvalue weighted by atomic mass is 10.1. The second-order valence-electron chi connectivity index (χ2n) is 4.10. The molecule has 0 radical (unpaired) electrons. The highest BCUT2D eigenvalue weighted by Gasteiger charge is 2.07. The molecule has 0 heterocycles. The molecule has 2 aromatic rings. The standard InChI is InChI=1S/C15H11ClF2O2/c16-13-6-5-12(9-14(13)18)20-8-7-15(19)10-1-3-11(17)4-2-10/h1-6,9H,7-8H2. The third kappa shape index (κ3) is 3.78. The number of carbonyl (C=O) groups is 1. The molecule has 0 N–H and O–H groups in total. The van der Waals surface area contributed by atoms with E-state index in [1.165, 1.54) is 36.4 Å². The molecule has 2 nitrogen and oxygen atoms in total. The van der Waals surface area contributed by atoms with Gasteiger partial charge in [0.15, 0.2) is 5.78 Å². The molecule has 20 heavy (non-hydrogen) atoms. The number of hydrogen-bond acceptors (Lipinski definition) is 2. The van der Waals surface area contributed by atoms with Gasteiger partial charge >= 0.3 is 0 Å². The summed E-state index contributed by atoms with van der Waals surface area (Å²) in [6, 6.07) is 9.34. The zero-order valence-corrected chi connectivity index (χ0v) is 11.2. The van der Waals surface area contributed by atoms with Gasteiger partial charge in [0.1, 0.15) is 17.4 Å². The zero-order valence-electron chi connectivity index (χ0n) is 10.4. The summed E-state index contributed by atoms with van der Waals surface area (Å²) in [6.07, 6.45) is 0.121. The van der Waals surface area contributed by atoms with Crippen LogP contribution >= 0.6 is 11.6 Å². The average molecular weight is 297 g/mol. The van der Waals surface area contributed by atoms with E-state index in [0.717, 1.165) is 6.07 Å². The maximum atomic E-state index is 13.2. The lowest BCUT2D eigenvalue weighted by molar-refractivity contribution is 0.0962. The summed E-state index contributed by atoms with van der Waals surface area (Å²) in [6.45, 7) is 0.108. The fourth-order valence-corrected chi connectivity index (χ4v) is 1.73. The van der Waals surface area contributed by atoms with E-state index in [1.54, 1.807) is 0 Å². The van der Waals surface area contributed by atoms with Gasteiger partial charge in [0, 0.05) is 18.1 Å². The van der Waals surface area contributed by atoms with Crippen LogP contribution in [0.3, 0.4) is 0 Å². The van der Waals surface area contributed by atoms with E-state index >= 15 is 0 Å². The number of ether oxygens (including phenoxy) is 1. The van der Waals surface area contributed by atoms with Crippen LogP contribution in [0.2, 0.25) is 5.02 Å². The van der Waals surface area contributed by atoms with E-state index in [9.17, 15) is 13.6 Å². The number of carbonyl (C=O) groups excluding carboxylic acids is 1. The van der Waals surface area contributed by atoms with Crippen LogP contribution in [0, 0.1) is 11.6 Å². The second-order valence-corrected chi connectivity index (χ2v) is 4.51. The van der Waals surface area contributed by atoms with Crippen LogP contribution in [0.5, 0.6) is 5.75 Å². The highest BCUT2D eigenvalue weighted by atomic mass is 35.5. The van der Waals surface area contributed by atoms with Crippen molar-refractivity contribution in [1.82, 2.24) is 0 Å². The van der Waals surface area contributed by atoms with Gasteiger partial charge in [0.05, 0.1) is 11.6 Å². The van der Waals surface area contributed by atoms with Gasteiger partial charge in [-0.05, 0) is 36.4 Å². The van der Waals surface area contributed by atoms with Crippen LogP contribution in [-0.4, -0.2) is 12.4 Å². The maximum absolute atomic E-state index is 13.2. The monoisotopic (exact) mass is 296 g/mol. The molecule has 0 spiro atoms. The minimum atomic E-state index is -0.575. The van der Waals surface area contributed by atoms with Gasteiger partial charge in [0.2, 0.25) is 0 Å². The van der Waals surface area contributed by atoms with Crippen molar-refractivity contribution in [2.75, 3.05) is 6.61 Å². The molecule has 0 amide bonds. The molecular formula is C15H11ClF2O2. The van der Waals surface area contributed by atoms with Crippen molar-refractivity contribution in [2.24, 2.45) is 0 Å². The predicted octanol–water partition coefficient (Wildman–Crippen LogP) is 4.27. The lowest BCUT2D eigenvalue weighted by Gasteiger charge is -2.06. The first-order chi connectivity index (χ1) is 9.56. The minimum Gasteiger partial charge on any atom is -0.493 e. The van der Waals surface area contributed by atoms with Crippen molar-refractivity contribution >= 4 is 17.4 Å². The maximum Gasteiger partial charge on any atom is 0.166 e. The quantitative estimate of drug-likeness (QED) is 0.770. The van der Waals surface area contributed by atoms with E-state index in [-0.39, 0.29) is 23.8 Å². The molecule has 0 fully saturated rings. The van der Waals surface area contributed by atoms with Crippen molar-refractivity contribution in [3.05, 3.63) is 64.7 Å². The fourth-order valence-electron chi connectivity index (χ4n) is 1.61. The smallest absolute Gasteiger partial charge is 0.166 e. The van der Waals surface area contributed by atoms with E-state index in [1.807, 2.05) is 0 Å². The summed E-state index contributed by atoms with van der Waals surface area (Å²) in [5, 5.41) is 0.0136. The molecule has 0 saturated carbocycles. The van der Waals surface area contributed by atoms with Crippen molar-refractivity contribution in [1.29, 1.82) is 0 Å². The SMILES string of the molecule is O=C(CCOc1ccc(Cl)c(F)c1)c1ccc(F)cc1. The molecular weight excluding hydrogens is 286 g/mol. The molecule has 2 aromatic carbocycles. The van der Waals surface area contributed by atoms with Crippen LogP contribution < -0.4 is 4.74 Å². The van der Waals surface area contributed by atoms with Crippen LogP contribution in [0.25, 0.3) is 0 Å². The van der Waals surface area contributed by atoms with Crippen LogP contribution in [-0.2, 0) is 0 Å². The van der Waals surface area contributed by atoms with E-state index in [0.29, 0.717) is 11.3 Å². The summed E-state index contributed by atoms with van der Waals surface area (Å²) in [4.78, 5) is 11.8. The number of Topliss-reactive ketones (excluding diaryl/α,β-unsaturated/α-hetero) is 1. The molecule has 0 atom stereocenters. The molecule has 0 saturated heterocycles. The largest absolute Gasteiger partial charge is 0.493 e. The van der Waals surface area contributed by atoms with Gasteiger partial charge in [-0.3, -0.25) is 4.79 Å². The average Bonchev–Trinajstić information content (AvgIpc) is 2.43. The van der Waals surface area contributed by atoms with Crippen molar-refractivity contribution in [3.8, 4) is 5.75 Å². The third-order valence-corrected chi connectivity index (χ3v) is 2.96. The Morgan fingerprint density at radius 1 is 1.10 bits per heavy atom. The first kappa shape index (κ1) is 14.5. The van der Waals surface area contributed by atoms with Crippen molar-refractivity contribution < 1.29 is 18.3 Å². The molecule has 104 valence electrons. The highest BCUT2D eigenvalue weighted by molar-refractivity contribution is 6.30. The van der Waals surface area contributed by atoms with Crippen LogP contribution in [0.1, 0.15) is 16.8 Å². The molecule has 5 heteroatoms. The fraction of sp³-hybridized carbons (Fsp3) is 0.133. The molecule has 0 aliphatic carbocycles. The van der Waals surface area contributed by atoms with Gasteiger partial charge in [0.25, 0.3) is 0 Å². The highest BCUT2D eigenvalue weighted by Crippen LogP contribution is 2.20. The first-order valence-corrected chi connectivity index (χ1v) is 6.30. The molecule has 0 unspecified atom stereocenters. The summed E-state index contributed by atoms with van der Waals surface area (Å²) in [5.41, 5.74) is 0.414. The molecule has 0 aliphatic heterocycles. The van der Waals surface area contributed by atoms with E-state index in [4.69, 9.17) is 16.3 Å². The Morgan fingerprint density at radius 2 is 1.80 bits per heavy atom. The van der Waals surface area contributed by atoms with E-state index < -0.39 is 11.6 Å². The minimum absolute atomic E-state index is 0.0136.